The lowest BCUT2D eigenvalue weighted by Crippen LogP contribution is -2.22. The van der Waals surface area contributed by atoms with E-state index in [1.165, 1.54) is 0 Å². The number of allylic oxidation sites excluding steroid dienone is 1. The number of nitrogens with one attached hydrogen (secondary N) is 1. The summed E-state index contributed by atoms with van der Waals surface area (Å²) >= 11 is 0. The summed E-state index contributed by atoms with van der Waals surface area (Å²) in [5.41, 5.74) is 1.01. The molecule has 0 fully saturated rings. The average Bonchev–Trinajstić information content (AvgIpc) is 2.27. The van der Waals surface area contributed by atoms with E-state index in [0.29, 0.717) is 12.6 Å². The van der Waals surface area contributed by atoms with Crippen LogP contribution in [0.1, 0.15) is 26.5 Å². The lowest BCUT2D eigenvalue weighted by molar-refractivity contribution is 0.361. The Morgan fingerprint density at radius 3 is 3.00 bits per heavy atom. The molecule has 0 aliphatic carbocycles. The van der Waals surface area contributed by atoms with E-state index in [4.69, 9.17) is 4.74 Å². The molecule has 0 spiro atoms. The molecule has 16 heavy (non-hydrogen) atoms. The molecule has 0 saturated carbocycles. The van der Waals surface area contributed by atoms with E-state index in [1.807, 2.05) is 31.2 Å². The minimum absolute atomic E-state index is 0.467. The Morgan fingerprint density at radius 1 is 1.50 bits per heavy atom. The first-order chi connectivity index (χ1) is 7.72. The summed E-state index contributed by atoms with van der Waals surface area (Å²) in [4.78, 5) is 4.28. The van der Waals surface area contributed by atoms with Gasteiger partial charge in [0.25, 0.3) is 0 Å². The second kappa shape index (κ2) is 7.01. The number of aromatic nitrogens is 1. The zero-order valence-electron chi connectivity index (χ0n) is 10.2. The Labute approximate surface area is 97.5 Å². The summed E-state index contributed by atoms with van der Waals surface area (Å²) in [6.07, 6.45) is 5.73. The summed E-state index contributed by atoms with van der Waals surface area (Å²) < 4.78 is 5.54. The van der Waals surface area contributed by atoms with Crippen LogP contribution in [-0.4, -0.2) is 17.6 Å². The topological polar surface area (TPSA) is 34.1 Å². The normalized spacial score (nSPS) is 11.2. The number of pyridine rings is 1. The molecule has 0 saturated heterocycles. The van der Waals surface area contributed by atoms with Crippen LogP contribution in [0.4, 0.5) is 0 Å². The van der Waals surface area contributed by atoms with Crippen molar-refractivity contribution in [1.29, 1.82) is 0 Å². The first kappa shape index (κ1) is 12.7. The fourth-order valence-corrected chi connectivity index (χ4v) is 1.19. The van der Waals surface area contributed by atoms with Gasteiger partial charge in [0.15, 0.2) is 0 Å². The van der Waals surface area contributed by atoms with Crippen molar-refractivity contribution < 1.29 is 4.74 Å². The van der Waals surface area contributed by atoms with Gasteiger partial charge in [-0.3, -0.25) is 4.98 Å². The summed E-state index contributed by atoms with van der Waals surface area (Å²) in [6.45, 7) is 7.60. The molecule has 3 nitrogen and oxygen atoms in total. The summed E-state index contributed by atoms with van der Waals surface area (Å²) in [6, 6.07) is 4.32. The van der Waals surface area contributed by atoms with E-state index in [9.17, 15) is 0 Å². The first-order valence-electron chi connectivity index (χ1n) is 5.64. The van der Waals surface area contributed by atoms with Crippen LogP contribution < -0.4 is 10.1 Å². The minimum atomic E-state index is 0.467. The largest absolute Gasteiger partial charge is 0.489 e. The molecular weight excluding hydrogens is 200 g/mol. The fraction of sp³-hybridized carbons (Fsp3) is 0.462. The predicted octanol–water partition coefficient (Wildman–Crippen LogP) is 2.53. The number of ether oxygens (including phenoxy) is 1. The van der Waals surface area contributed by atoms with Crippen molar-refractivity contribution in [3.05, 3.63) is 36.2 Å². The van der Waals surface area contributed by atoms with Crippen LogP contribution in [0.25, 0.3) is 0 Å². The molecule has 1 aromatic rings. The highest BCUT2D eigenvalue weighted by Crippen LogP contribution is 2.10. The predicted molar refractivity (Wildman–Crippen MR) is 66.5 cm³/mol. The van der Waals surface area contributed by atoms with Crippen LogP contribution in [0, 0.1) is 0 Å². The smallest absolute Gasteiger partial charge is 0.123 e. The van der Waals surface area contributed by atoms with Gasteiger partial charge in [0.1, 0.15) is 12.4 Å². The fourth-order valence-electron chi connectivity index (χ4n) is 1.19. The molecule has 0 amide bonds. The van der Waals surface area contributed by atoms with Gasteiger partial charge in [-0.2, -0.15) is 0 Å². The van der Waals surface area contributed by atoms with Gasteiger partial charge in [0, 0.05) is 24.8 Å². The quantitative estimate of drug-likeness (QED) is 0.748. The van der Waals surface area contributed by atoms with Crippen LogP contribution in [0.3, 0.4) is 0 Å². The SMILES string of the molecule is CC=CCOc1ccnc(CNC(C)C)c1. The van der Waals surface area contributed by atoms with Gasteiger partial charge in [-0.05, 0) is 13.0 Å². The van der Waals surface area contributed by atoms with Crippen LogP contribution in [0.2, 0.25) is 0 Å². The van der Waals surface area contributed by atoms with E-state index < -0.39 is 0 Å². The Bertz CT molecular complexity index is 334. The molecule has 1 N–H and O–H groups in total. The molecule has 0 aliphatic rings. The molecule has 1 rings (SSSR count). The van der Waals surface area contributed by atoms with Crippen LogP contribution in [-0.2, 0) is 6.54 Å². The molecule has 0 radical (unpaired) electrons. The molecule has 88 valence electrons. The van der Waals surface area contributed by atoms with E-state index >= 15 is 0 Å². The lowest BCUT2D eigenvalue weighted by atomic mass is 10.3. The van der Waals surface area contributed by atoms with E-state index in [0.717, 1.165) is 18.0 Å². The molecule has 0 aliphatic heterocycles. The lowest BCUT2D eigenvalue weighted by Gasteiger charge is -2.08. The van der Waals surface area contributed by atoms with Gasteiger partial charge in [0.2, 0.25) is 0 Å². The van der Waals surface area contributed by atoms with Crippen molar-refractivity contribution in [3.63, 3.8) is 0 Å². The number of nitrogens with zero attached hydrogens (tertiary/aromatic N) is 1. The van der Waals surface area contributed by atoms with Crippen molar-refractivity contribution in [3.8, 4) is 5.75 Å². The summed E-state index contributed by atoms with van der Waals surface area (Å²) in [7, 11) is 0. The number of rotatable bonds is 6. The zero-order valence-corrected chi connectivity index (χ0v) is 10.2. The van der Waals surface area contributed by atoms with Gasteiger partial charge in [-0.15, -0.1) is 0 Å². The minimum Gasteiger partial charge on any atom is -0.489 e. The molecule has 0 atom stereocenters. The molecule has 0 unspecified atom stereocenters. The molecule has 3 heteroatoms. The molecule has 0 aromatic carbocycles. The third kappa shape index (κ3) is 4.94. The molecule has 1 heterocycles. The van der Waals surface area contributed by atoms with Crippen molar-refractivity contribution in [2.75, 3.05) is 6.61 Å². The molecule has 1 aromatic heterocycles. The van der Waals surface area contributed by atoms with Crippen LogP contribution >= 0.6 is 0 Å². The first-order valence-corrected chi connectivity index (χ1v) is 5.64. The van der Waals surface area contributed by atoms with Crippen LogP contribution in [0.5, 0.6) is 5.75 Å². The van der Waals surface area contributed by atoms with E-state index in [-0.39, 0.29) is 0 Å². The Balaban J connectivity index is 2.50. The Kier molecular flexibility index (Phi) is 5.57. The van der Waals surface area contributed by atoms with Crippen molar-refractivity contribution >= 4 is 0 Å². The number of hydrogen-bond donors (Lipinski definition) is 1. The van der Waals surface area contributed by atoms with Crippen molar-refractivity contribution in [2.24, 2.45) is 0 Å². The Morgan fingerprint density at radius 2 is 2.31 bits per heavy atom. The highest BCUT2D eigenvalue weighted by Gasteiger charge is 1.99. The second-order valence-corrected chi connectivity index (χ2v) is 3.90. The van der Waals surface area contributed by atoms with Crippen molar-refractivity contribution in [2.45, 2.75) is 33.4 Å². The third-order valence-corrected chi connectivity index (χ3v) is 2.06. The summed E-state index contributed by atoms with van der Waals surface area (Å²) in [5, 5.41) is 3.32. The standard InChI is InChI=1S/C13H20N2O/c1-4-5-8-16-13-6-7-14-12(9-13)10-15-11(2)3/h4-7,9,11,15H,8,10H2,1-3H3. The van der Waals surface area contributed by atoms with Gasteiger partial charge in [-0.25, -0.2) is 0 Å². The maximum absolute atomic E-state index is 5.54. The highest BCUT2D eigenvalue weighted by molar-refractivity contribution is 5.22. The van der Waals surface area contributed by atoms with Gasteiger partial charge >= 0.3 is 0 Å². The van der Waals surface area contributed by atoms with Crippen LogP contribution in [0.15, 0.2) is 30.5 Å². The maximum Gasteiger partial charge on any atom is 0.123 e. The maximum atomic E-state index is 5.54. The number of hydrogen-bond acceptors (Lipinski definition) is 3. The highest BCUT2D eigenvalue weighted by atomic mass is 16.5. The van der Waals surface area contributed by atoms with Gasteiger partial charge < -0.3 is 10.1 Å². The molecule has 0 bridgehead atoms. The van der Waals surface area contributed by atoms with Gasteiger partial charge in [0.05, 0.1) is 5.69 Å². The average molecular weight is 220 g/mol. The Hall–Kier alpha value is -1.35. The zero-order chi connectivity index (χ0) is 11.8. The van der Waals surface area contributed by atoms with Crippen molar-refractivity contribution in [1.82, 2.24) is 10.3 Å². The third-order valence-electron chi connectivity index (χ3n) is 2.06. The van der Waals surface area contributed by atoms with E-state index in [1.54, 1.807) is 6.20 Å². The molecular formula is C13H20N2O. The second-order valence-electron chi connectivity index (χ2n) is 3.90. The summed E-state index contributed by atoms with van der Waals surface area (Å²) in [5.74, 6) is 0.869. The van der Waals surface area contributed by atoms with E-state index in [2.05, 4.69) is 24.1 Å². The monoisotopic (exact) mass is 220 g/mol. The van der Waals surface area contributed by atoms with Gasteiger partial charge in [-0.1, -0.05) is 26.0 Å².